The number of hydrogen-bond acceptors (Lipinski definition) is 7. The molecule has 0 aliphatic heterocycles. The zero-order valence-electron chi connectivity index (χ0n) is 11.2. The summed E-state index contributed by atoms with van der Waals surface area (Å²) in [7, 11) is 0. The van der Waals surface area contributed by atoms with Crippen molar-refractivity contribution in [2.75, 3.05) is 12.4 Å². The second-order valence-corrected chi connectivity index (χ2v) is 4.72. The minimum absolute atomic E-state index is 0.0681. The summed E-state index contributed by atoms with van der Waals surface area (Å²) in [5.41, 5.74) is 0. The summed E-state index contributed by atoms with van der Waals surface area (Å²) >= 11 is 1.09. The molecule has 6 nitrogen and oxygen atoms in total. The Morgan fingerprint density at radius 3 is 2.81 bits per heavy atom. The highest BCUT2D eigenvalue weighted by Gasteiger charge is 2.10. The van der Waals surface area contributed by atoms with Gasteiger partial charge in [-0.1, -0.05) is 11.8 Å². The van der Waals surface area contributed by atoms with Gasteiger partial charge in [0.05, 0.1) is 6.61 Å². The molecule has 112 valence electrons. The molecule has 0 spiro atoms. The minimum Gasteiger partial charge on any atom is -0.484 e. The van der Waals surface area contributed by atoms with Gasteiger partial charge in [0.2, 0.25) is 0 Å². The summed E-state index contributed by atoms with van der Waals surface area (Å²) in [4.78, 5) is 11.2. The Balaban J connectivity index is 1.80. The molecule has 0 N–H and O–H groups in total. The highest BCUT2D eigenvalue weighted by molar-refractivity contribution is 7.99. The molecule has 0 fully saturated rings. The van der Waals surface area contributed by atoms with Gasteiger partial charge in [-0.3, -0.25) is 4.79 Å². The number of halogens is 1. The quantitative estimate of drug-likeness (QED) is 0.574. The summed E-state index contributed by atoms with van der Waals surface area (Å²) in [6.45, 7) is 2.14. The molecule has 0 saturated heterocycles. The SMILES string of the molecule is CCOC(=O)CSc1nnc(COc2ccc(F)cc2)o1. The molecule has 0 aliphatic carbocycles. The molecule has 2 aromatic rings. The Hall–Kier alpha value is -2.09. The van der Waals surface area contributed by atoms with E-state index in [1.807, 2.05) is 0 Å². The smallest absolute Gasteiger partial charge is 0.316 e. The van der Waals surface area contributed by atoms with Crippen LogP contribution in [0.1, 0.15) is 12.8 Å². The van der Waals surface area contributed by atoms with Crippen molar-refractivity contribution in [3.05, 3.63) is 36.0 Å². The largest absolute Gasteiger partial charge is 0.484 e. The molecule has 1 aromatic heterocycles. The van der Waals surface area contributed by atoms with Gasteiger partial charge in [0, 0.05) is 0 Å². The number of aromatic nitrogens is 2. The van der Waals surface area contributed by atoms with Crippen LogP contribution in [0, 0.1) is 5.82 Å². The molecular weight excluding hydrogens is 299 g/mol. The van der Waals surface area contributed by atoms with Gasteiger partial charge in [-0.25, -0.2) is 4.39 Å². The van der Waals surface area contributed by atoms with Crippen LogP contribution >= 0.6 is 11.8 Å². The molecule has 1 aromatic carbocycles. The Bertz CT molecular complexity index is 588. The number of benzene rings is 1. The number of nitrogens with zero attached hydrogens (tertiary/aromatic N) is 2. The van der Waals surface area contributed by atoms with Gasteiger partial charge in [0.15, 0.2) is 6.61 Å². The van der Waals surface area contributed by atoms with E-state index < -0.39 is 0 Å². The van der Waals surface area contributed by atoms with Crippen molar-refractivity contribution in [3.63, 3.8) is 0 Å². The van der Waals surface area contributed by atoms with Crippen LogP contribution in [0.3, 0.4) is 0 Å². The van der Waals surface area contributed by atoms with E-state index in [2.05, 4.69) is 10.2 Å². The Kier molecular flexibility index (Phi) is 5.56. The van der Waals surface area contributed by atoms with Crippen molar-refractivity contribution in [1.82, 2.24) is 10.2 Å². The van der Waals surface area contributed by atoms with E-state index in [1.165, 1.54) is 24.3 Å². The normalized spacial score (nSPS) is 10.4. The maximum atomic E-state index is 12.7. The number of esters is 1. The molecule has 0 radical (unpaired) electrons. The van der Waals surface area contributed by atoms with E-state index in [4.69, 9.17) is 13.9 Å². The van der Waals surface area contributed by atoms with Gasteiger partial charge in [-0.15, -0.1) is 10.2 Å². The number of thioether (sulfide) groups is 1. The van der Waals surface area contributed by atoms with Crippen LogP contribution < -0.4 is 4.74 Å². The first kappa shape index (κ1) is 15.3. The van der Waals surface area contributed by atoms with Gasteiger partial charge < -0.3 is 13.9 Å². The van der Waals surface area contributed by atoms with Crippen LogP contribution in [0.15, 0.2) is 33.9 Å². The van der Waals surface area contributed by atoms with Gasteiger partial charge in [0.25, 0.3) is 11.1 Å². The van der Waals surface area contributed by atoms with Crippen LogP contribution in [0.5, 0.6) is 5.75 Å². The molecule has 2 rings (SSSR count). The molecule has 0 unspecified atom stereocenters. The average Bonchev–Trinajstić information content (AvgIpc) is 2.93. The third kappa shape index (κ3) is 5.07. The summed E-state index contributed by atoms with van der Waals surface area (Å²) < 4.78 is 28.2. The highest BCUT2D eigenvalue weighted by atomic mass is 32.2. The van der Waals surface area contributed by atoms with E-state index in [0.29, 0.717) is 12.4 Å². The van der Waals surface area contributed by atoms with Crippen LogP contribution in [0.2, 0.25) is 0 Å². The first-order chi connectivity index (χ1) is 10.2. The van der Waals surface area contributed by atoms with E-state index in [0.717, 1.165) is 11.8 Å². The topological polar surface area (TPSA) is 74.5 Å². The van der Waals surface area contributed by atoms with Crippen LogP contribution in [-0.4, -0.2) is 28.5 Å². The van der Waals surface area contributed by atoms with Gasteiger partial charge in [0.1, 0.15) is 17.3 Å². The molecule has 0 aliphatic rings. The molecule has 8 heteroatoms. The number of carbonyl (C=O) groups is 1. The average molecular weight is 312 g/mol. The van der Waals surface area contributed by atoms with Crippen LogP contribution in [-0.2, 0) is 16.1 Å². The number of ether oxygens (including phenoxy) is 2. The lowest BCUT2D eigenvalue weighted by Gasteiger charge is -2.02. The maximum absolute atomic E-state index is 12.7. The second-order valence-electron chi connectivity index (χ2n) is 3.80. The predicted molar refractivity (Wildman–Crippen MR) is 72.4 cm³/mol. The Labute approximate surface area is 124 Å². The first-order valence-electron chi connectivity index (χ1n) is 6.16. The summed E-state index contributed by atoms with van der Waals surface area (Å²) in [5.74, 6) is 0.192. The third-order valence-electron chi connectivity index (χ3n) is 2.24. The van der Waals surface area contributed by atoms with Gasteiger partial charge in [-0.05, 0) is 31.2 Å². The van der Waals surface area contributed by atoms with Crippen LogP contribution in [0.4, 0.5) is 4.39 Å². The van der Waals surface area contributed by atoms with Crippen molar-refractivity contribution in [2.24, 2.45) is 0 Å². The van der Waals surface area contributed by atoms with E-state index >= 15 is 0 Å². The standard InChI is InChI=1S/C13H13FN2O4S/c1-2-18-12(17)8-21-13-16-15-11(20-13)7-19-10-5-3-9(14)4-6-10/h3-6H,2,7-8H2,1H3. The van der Waals surface area contributed by atoms with Crippen molar-refractivity contribution in [3.8, 4) is 5.75 Å². The lowest BCUT2D eigenvalue weighted by Crippen LogP contribution is -2.06. The summed E-state index contributed by atoms with van der Waals surface area (Å²) in [6.07, 6.45) is 0. The number of carbonyl (C=O) groups excluding carboxylic acids is 1. The molecule has 0 amide bonds. The monoisotopic (exact) mass is 312 g/mol. The third-order valence-corrected chi connectivity index (χ3v) is 3.04. The summed E-state index contributed by atoms with van der Waals surface area (Å²) in [5, 5.41) is 7.82. The van der Waals surface area contributed by atoms with Crippen LogP contribution in [0.25, 0.3) is 0 Å². The first-order valence-corrected chi connectivity index (χ1v) is 7.15. The zero-order chi connectivity index (χ0) is 15.1. The molecule has 21 heavy (non-hydrogen) atoms. The molecular formula is C13H13FN2O4S. The lowest BCUT2D eigenvalue weighted by atomic mass is 10.3. The Morgan fingerprint density at radius 2 is 2.10 bits per heavy atom. The van der Waals surface area contributed by atoms with Crippen molar-refractivity contribution in [1.29, 1.82) is 0 Å². The number of hydrogen-bond donors (Lipinski definition) is 0. The second kappa shape index (κ2) is 7.63. The fourth-order valence-electron chi connectivity index (χ4n) is 1.35. The summed E-state index contributed by atoms with van der Waals surface area (Å²) in [6, 6.07) is 5.60. The lowest BCUT2D eigenvalue weighted by molar-refractivity contribution is -0.139. The number of rotatable bonds is 7. The molecule has 0 bridgehead atoms. The van der Waals surface area contributed by atoms with Crippen molar-refractivity contribution in [2.45, 2.75) is 18.8 Å². The zero-order valence-corrected chi connectivity index (χ0v) is 12.1. The van der Waals surface area contributed by atoms with E-state index in [9.17, 15) is 9.18 Å². The predicted octanol–water partition coefficient (Wildman–Crippen LogP) is 2.44. The Morgan fingerprint density at radius 1 is 1.33 bits per heavy atom. The molecule has 1 heterocycles. The van der Waals surface area contributed by atoms with Crippen molar-refractivity contribution >= 4 is 17.7 Å². The molecule has 0 saturated carbocycles. The van der Waals surface area contributed by atoms with E-state index in [-0.39, 0.29) is 35.3 Å². The fraction of sp³-hybridized carbons (Fsp3) is 0.308. The van der Waals surface area contributed by atoms with Crippen molar-refractivity contribution < 1.29 is 23.1 Å². The maximum Gasteiger partial charge on any atom is 0.316 e. The van der Waals surface area contributed by atoms with Gasteiger partial charge >= 0.3 is 5.97 Å². The highest BCUT2D eigenvalue weighted by Crippen LogP contribution is 2.18. The fourth-order valence-corrected chi connectivity index (χ4v) is 1.93. The van der Waals surface area contributed by atoms with E-state index in [1.54, 1.807) is 6.92 Å². The van der Waals surface area contributed by atoms with Gasteiger partial charge in [-0.2, -0.15) is 0 Å². The minimum atomic E-state index is -0.343. The molecule has 0 atom stereocenters.